The first-order valence-electron chi connectivity index (χ1n) is 6.20. The van der Waals surface area contributed by atoms with Gasteiger partial charge in [-0.15, -0.1) is 5.10 Å². The molecule has 1 saturated heterocycles. The van der Waals surface area contributed by atoms with Gasteiger partial charge in [-0.1, -0.05) is 16.6 Å². The summed E-state index contributed by atoms with van der Waals surface area (Å²) in [5.41, 5.74) is 0.385. The minimum atomic E-state index is -0.113. The van der Waals surface area contributed by atoms with E-state index < -0.39 is 0 Å². The molecule has 1 aliphatic rings. The SMILES string of the molecule is CCc1nc([C@@H]2CCCN2C(=O)c2csnn2)no1. The molecule has 0 aliphatic carbocycles. The molecule has 2 aromatic heterocycles. The molecule has 2 aromatic rings. The van der Waals surface area contributed by atoms with E-state index in [1.54, 1.807) is 10.3 Å². The summed E-state index contributed by atoms with van der Waals surface area (Å²) in [6.45, 7) is 2.65. The first-order valence-corrected chi connectivity index (χ1v) is 7.03. The fraction of sp³-hybridized carbons (Fsp3) is 0.545. The van der Waals surface area contributed by atoms with Crippen molar-refractivity contribution < 1.29 is 9.32 Å². The summed E-state index contributed by atoms with van der Waals surface area (Å²) in [6.07, 6.45) is 2.49. The molecule has 1 atom stereocenters. The van der Waals surface area contributed by atoms with E-state index in [-0.39, 0.29) is 11.9 Å². The van der Waals surface area contributed by atoms with Crippen LogP contribution in [0.2, 0.25) is 0 Å². The average molecular weight is 279 g/mol. The Labute approximate surface area is 113 Å². The number of aryl methyl sites for hydroxylation is 1. The van der Waals surface area contributed by atoms with Crippen LogP contribution in [0.25, 0.3) is 0 Å². The third kappa shape index (κ3) is 2.23. The number of carbonyl (C=O) groups excluding carboxylic acids is 1. The van der Waals surface area contributed by atoms with Gasteiger partial charge < -0.3 is 9.42 Å². The van der Waals surface area contributed by atoms with Gasteiger partial charge in [0.1, 0.15) is 0 Å². The molecule has 1 aliphatic heterocycles. The van der Waals surface area contributed by atoms with E-state index in [9.17, 15) is 4.79 Å². The molecule has 8 heteroatoms. The summed E-state index contributed by atoms with van der Waals surface area (Å²) >= 11 is 1.17. The van der Waals surface area contributed by atoms with Gasteiger partial charge in [-0.05, 0) is 24.4 Å². The maximum atomic E-state index is 12.3. The molecule has 3 rings (SSSR count). The number of hydrogen-bond acceptors (Lipinski definition) is 7. The zero-order valence-electron chi connectivity index (χ0n) is 10.4. The van der Waals surface area contributed by atoms with Gasteiger partial charge >= 0.3 is 0 Å². The van der Waals surface area contributed by atoms with Crippen LogP contribution in [-0.2, 0) is 6.42 Å². The highest BCUT2D eigenvalue weighted by molar-refractivity contribution is 7.03. The van der Waals surface area contributed by atoms with Crippen LogP contribution in [0, 0.1) is 0 Å². The summed E-state index contributed by atoms with van der Waals surface area (Å²) in [4.78, 5) is 18.4. The summed E-state index contributed by atoms with van der Waals surface area (Å²) in [7, 11) is 0. The Bertz CT molecular complexity index is 567. The van der Waals surface area contributed by atoms with Gasteiger partial charge in [-0.25, -0.2) is 0 Å². The molecule has 19 heavy (non-hydrogen) atoms. The van der Waals surface area contributed by atoms with Crippen molar-refractivity contribution >= 4 is 17.4 Å². The lowest BCUT2D eigenvalue weighted by atomic mass is 10.2. The molecule has 0 N–H and O–H groups in total. The molecule has 0 spiro atoms. The van der Waals surface area contributed by atoms with Gasteiger partial charge in [0, 0.05) is 18.3 Å². The van der Waals surface area contributed by atoms with Gasteiger partial charge in [0.15, 0.2) is 11.5 Å². The van der Waals surface area contributed by atoms with Gasteiger partial charge in [0.25, 0.3) is 5.91 Å². The summed E-state index contributed by atoms with van der Waals surface area (Å²) in [5.74, 6) is 1.08. The number of carbonyl (C=O) groups is 1. The Balaban J connectivity index is 1.83. The monoisotopic (exact) mass is 279 g/mol. The Morgan fingerprint density at radius 2 is 2.53 bits per heavy atom. The Morgan fingerprint density at radius 1 is 1.63 bits per heavy atom. The van der Waals surface area contributed by atoms with E-state index in [2.05, 4.69) is 19.7 Å². The third-order valence-electron chi connectivity index (χ3n) is 3.18. The average Bonchev–Trinajstić information content (AvgIpc) is 3.16. The second kappa shape index (κ2) is 5.04. The van der Waals surface area contributed by atoms with Crippen LogP contribution in [0.1, 0.15) is 48.0 Å². The highest BCUT2D eigenvalue weighted by Crippen LogP contribution is 2.31. The maximum absolute atomic E-state index is 12.3. The van der Waals surface area contributed by atoms with E-state index in [1.807, 2.05) is 6.92 Å². The first kappa shape index (κ1) is 12.2. The van der Waals surface area contributed by atoms with Crippen molar-refractivity contribution in [3.8, 4) is 0 Å². The smallest absolute Gasteiger partial charge is 0.275 e. The first-order chi connectivity index (χ1) is 9.29. The standard InChI is InChI=1S/C11H13N5O2S/c1-2-9-12-10(14-18-9)8-4-3-5-16(8)11(17)7-6-19-15-13-7/h6,8H,2-5H2,1H3/t8-/m0/s1. The Morgan fingerprint density at radius 3 is 3.21 bits per heavy atom. The third-order valence-corrected chi connectivity index (χ3v) is 3.68. The van der Waals surface area contributed by atoms with Crippen LogP contribution >= 0.6 is 11.5 Å². The molecule has 3 heterocycles. The minimum Gasteiger partial charge on any atom is -0.339 e. The predicted molar refractivity (Wildman–Crippen MR) is 66.6 cm³/mol. The highest BCUT2D eigenvalue weighted by atomic mass is 32.1. The molecule has 0 radical (unpaired) electrons. The molecule has 1 fully saturated rings. The summed E-state index contributed by atoms with van der Waals surface area (Å²) in [5, 5.41) is 9.45. The molecular formula is C11H13N5O2S. The van der Waals surface area contributed by atoms with E-state index in [0.29, 0.717) is 30.4 Å². The molecule has 0 bridgehead atoms. The van der Waals surface area contributed by atoms with Crippen LogP contribution in [0.5, 0.6) is 0 Å². The lowest BCUT2D eigenvalue weighted by Crippen LogP contribution is -2.31. The van der Waals surface area contributed by atoms with Crippen LogP contribution < -0.4 is 0 Å². The largest absolute Gasteiger partial charge is 0.339 e. The van der Waals surface area contributed by atoms with Crippen molar-refractivity contribution in [3.63, 3.8) is 0 Å². The quantitative estimate of drug-likeness (QED) is 0.845. The van der Waals surface area contributed by atoms with Crippen LogP contribution in [0.4, 0.5) is 0 Å². The van der Waals surface area contributed by atoms with Crippen LogP contribution in [0.15, 0.2) is 9.90 Å². The normalized spacial score (nSPS) is 19.0. The molecule has 0 saturated carbocycles. The van der Waals surface area contributed by atoms with Gasteiger partial charge in [-0.2, -0.15) is 4.98 Å². The minimum absolute atomic E-state index is 0.112. The molecule has 0 unspecified atom stereocenters. The second-order valence-electron chi connectivity index (χ2n) is 4.35. The van der Waals surface area contributed by atoms with Crippen molar-refractivity contribution in [3.05, 3.63) is 22.8 Å². The molecule has 100 valence electrons. The molecule has 7 nitrogen and oxygen atoms in total. The highest BCUT2D eigenvalue weighted by Gasteiger charge is 2.34. The van der Waals surface area contributed by atoms with Crippen molar-refractivity contribution in [1.82, 2.24) is 24.6 Å². The van der Waals surface area contributed by atoms with Crippen LogP contribution in [0.3, 0.4) is 0 Å². The van der Waals surface area contributed by atoms with E-state index in [1.165, 1.54) is 11.5 Å². The molecular weight excluding hydrogens is 266 g/mol. The van der Waals surface area contributed by atoms with Gasteiger partial charge in [0.05, 0.1) is 6.04 Å². The van der Waals surface area contributed by atoms with E-state index >= 15 is 0 Å². The Kier molecular flexibility index (Phi) is 3.24. The second-order valence-corrected chi connectivity index (χ2v) is 4.96. The van der Waals surface area contributed by atoms with Gasteiger partial charge in [0.2, 0.25) is 5.89 Å². The Hall–Kier alpha value is -1.83. The number of hydrogen-bond donors (Lipinski definition) is 0. The predicted octanol–water partition coefficient (Wildman–Crippen LogP) is 1.46. The fourth-order valence-electron chi connectivity index (χ4n) is 2.23. The van der Waals surface area contributed by atoms with E-state index in [4.69, 9.17) is 4.52 Å². The molecule has 0 aromatic carbocycles. The lowest BCUT2D eigenvalue weighted by molar-refractivity contribution is 0.0722. The van der Waals surface area contributed by atoms with Crippen LogP contribution in [-0.4, -0.2) is 37.1 Å². The number of nitrogens with zero attached hydrogens (tertiary/aromatic N) is 5. The number of likely N-dealkylation sites (tertiary alicyclic amines) is 1. The van der Waals surface area contributed by atoms with Gasteiger partial charge in [-0.3, -0.25) is 4.79 Å². The van der Waals surface area contributed by atoms with Crippen molar-refractivity contribution in [2.24, 2.45) is 0 Å². The number of aromatic nitrogens is 4. The zero-order valence-corrected chi connectivity index (χ0v) is 11.3. The summed E-state index contributed by atoms with van der Waals surface area (Å²) < 4.78 is 8.84. The maximum Gasteiger partial charge on any atom is 0.275 e. The summed E-state index contributed by atoms with van der Waals surface area (Å²) in [6, 6.07) is -0.113. The number of rotatable bonds is 3. The van der Waals surface area contributed by atoms with Crippen molar-refractivity contribution in [1.29, 1.82) is 0 Å². The topological polar surface area (TPSA) is 85.0 Å². The zero-order chi connectivity index (χ0) is 13.2. The van der Waals surface area contributed by atoms with Crippen molar-refractivity contribution in [2.45, 2.75) is 32.2 Å². The van der Waals surface area contributed by atoms with Crippen molar-refractivity contribution in [2.75, 3.05) is 6.54 Å². The lowest BCUT2D eigenvalue weighted by Gasteiger charge is -2.20. The fourth-order valence-corrected chi connectivity index (χ4v) is 2.66. The molecule has 1 amide bonds. The van der Waals surface area contributed by atoms with E-state index in [0.717, 1.165) is 12.8 Å². The number of amides is 1.